The predicted molar refractivity (Wildman–Crippen MR) is 233 cm³/mol. The Morgan fingerprint density at radius 2 is 0.417 bits per heavy atom. The van der Waals surface area contributed by atoms with E-state index in [1.807, 2.05) is 121 Å². The largest absolute Gasteiger partial charge is 0.192 e. The van der Waals surface area contributed by atoms with Crippen molar-refractivity contribution < 1.29 is 0 Å². The van der Waals surface area contributed by atoms with Crippen LogP contribution in [0.5, 0.6) is 0 Å². The fourth-order valence-electron chi connectivity index (χ4n) is 7.55. The summed E-state index contributed by atoms with van der Waals surface area (Å²) in [5.74, 6) is 0. The van der Waals surface area contributed by atoms with Crippen LogP contribution >= 0.6 is 0 Å². The number of rotatable bonds is 7. The van der Waals surface area contributed by atoms with Crippen molar-refractivity contribution in [1.29, 1.82) is 31.6 Å². The summed E-state index contributed by atoms with van der Waals surface area (Å²) in [5.41, 5.74) is 13.0. The smallest absolute Gasteiger partial charge is 0.0998 e. The lowest BCUT2D eigenvalue weighted by atomic mass is 9.87. The van der Waals surface area contributed by atoms with Crippen molar-refractivity contribution in [1.82, 2.24) is 0 Å². The van der Waals surface area contributed by atoms with E-state index in [0.717, 1.165) is 38.9 Å². The van der Waals surface area contributed by atoms with E-state index < -0.39 is 0 Å². The first-order valence-corrected chi connectivity index (χ1v) is 18.8. The first-order chi connectivity index (χ1) is 29.5. The lowest BCUT2D eigenvalue weighted by Gasteiger charge is -2.15. The second-order valence-corrected chi connectivity index (χ2v) is 14.0. The maximum Gasteiger partial charge on any atom is 0.0998 e. The second-order valence-electron chi connectivity index (χ2n) is 14.0. The topological polar surface area (TPSA) is 143 Å². The molecule has 0 aliphatic rings. The van der Waals surface area contributed by atoms with Crippen molar-refractivity contribution in [3.8, 4) is 114 Å². The number of hydrogen-bond acceptors (Lipinski definition) is 6. The Morgan fingerprint density at radius 3 is 0.683 bits per heavy atom. The SMILES string of the molecule is N#Cc1ccc(-c2ccccc2)cc1-c1ccc(C#N)c(-c2ccc(C#N)c(-c3ccc(C#N)c(-c4ccc(C#N)c(-c5ccc(C#N)c(-c6ccccc6)c5)c4)c3)c2)c1. The minimum absolute atomic E-state index is 0.401. The van der Waals surface area contributed by atoms with Gasteiger partial charge in [0.25, 0.3) is 0 Å². The van der Waals surface area contributed by atoms with E-state index in [0.29, 0.717) is 72.3 Å². The summed E-state index contributed by atoms with van der Waals surface area (Å²) >= 11 is 0. The minimum Gasteiger partial charge on any atom is -0.192 e. The summed E-state index contributed by atoms with van der Waals surface area (Å²) in [6.07, 6.45) is 0. The Kier molecular flexibility index (Phi) is 10.3. The molecular formula is C54H28N6. The number of nitriles is 6. The second kappa shape index (κ2) is 16.4. The standard InChI is InChI=1S/C54H28N6/c55-29-43-18-12-38(24-49(43)36-9-5-2-6-10-36)51-26-40(14-20-45(51)31-57)53-28-42(16-22-47(53)33-59)54-27-41(15-21-48(54)34-60)52-25-39(13-19-46(52)32-58)50-23-37(11-17-44(50)30-56)35-7-3-1-4-8-35/h1-28H. The molecule has 8 aromatic carbocycles. The van der Waals surface area contributed by atoms with Crippen molar-refractivity contribution >= 4 is 0 Å². The van der Waals surface area contributed by atoms with Crippen molar-refractivity contribution in [3.63, 3.8) is 0 Å². The average Bonchev–Trinajstić information content (AvgIpc) is 3.33. The molecule has 0 amide bonds. The monoisotopic (exact) mass is 760 g/mol. The van der Waals surface area contributed by atoms with Crippen LogP contribution in [-0.2, 0) is 0 Å². The van der Waals surface area contributed by atoms with E-state index in [-0.39, 0.29) is 0 Å². The van der Waals surface area contributed by atoms with Crippen LogP contribution in [0.15, 0.2) is 170 Å². The third-order valence-corrected chi connectivity index (χ3v) is 10.6. The van der Waals surface area contributed by atoms with Crippen LogP contribution in [0.4, 0.5) is 0 Å². The Bertz CT molecular complexity index is 3270. The molecule has 0 fully saturated rings. The number of hydrogen-bond donors (Lipinski definition) is 0. The van der Waals surface area contributed by atoms with Gasteiger partial charge in [-0.2, -0.15) is 31.6 Å². The zero-order chi connectivity index (χ0) is 41.6. The van der Waals surface area contributed by atoms with Gasteiger partial charge in [-0.1, -0.05) is 97.1 Å². The summed E-state index contributed by atoms with van der Waals surface area (Å²) in [4.78, 5) is 0. The van der Waals surface area contributed by atoms with Crippen molar-refractivity contribution in [2.45, 2.75) is 0 Å². The van der Waals surface area contributed by atoms with Gasteiger partial charge in [0.15, 0.2) is 0 Å². The lowest BCUT2D eigenvalue weighted by molar-refractivity contribution is 1.44. The highest BCUT2D eigenvalue weighted by Crippen LogP contribution is 2.39. The average molecular weight is 761 g/mol. The maximum atomic E-state index is 10.3. The molecule has 6 nitrogen and oxygen atoms in total. The molecule has 8 aromatic rings. The molecule has 0 unspecified atom stereocenters. The Hall–Kier alpha value is -9.30. The van der Waals surface area contributed by atoms with Crippen LogP contribution in [0.3, 0.4) is 0 Å². The fraction of sp³-hybridized carbons (Fsp3) is 0. The van der Waals surface area contributed by atoms with E-state index in [9.17, 15) is 31.6 Å². The molecule has 0 aliphatic heterocycles. The summed E-state index contributed by atoms with van der Waals surface area (Å²) in [6, 6.07) is 66.2. The third-order valence-electron chi connectivity index (χ3n) is 10.6. The number of nitrogens with zero attached hydrogens (tertiary/aromatic N) is 6. The van der Waals surface area contributed by atoms with Crippen molar-refractivity contribution in [2.24, 2.45) is 0 Å². The maximum absolute atomic E-state index is 10.3. The van der Waals surface area contributed by atoms with Gasteiger partial charge >= 0.3 is 0 Å². The Labute approximate surface area is 347 Å². The van der Waals surface area contributed by atoms with E-state index in [4.69, 9.17) is 0 Å². The first-order valence-electron chi connectivity index (χ1n) is 18.8. The molecule has 274 valence electrons. The highest BCUT2D eigenvalue weighted by atomic mass is 14.3. The quantitative estimate of drug-likeness (QED) is 0.158. The van der Waals surface area contributed by atoms with Crippen LogP contribution in [0.2, 0.25) is 0 Å². The molecule has 0 saturated carbocycles. The molecule has 0 spiro atoms. The zero-order valence-corrected chi connectivity index (χ0v) is 31.8. The van der Waals surface area contributed by atoms with Gasteiger partial charge in [0, 0.05) is 33.4 Å². The summed E-state index contributed by atoms with van der Waals surface area (Å²) in [6.45, 7) is 0. The van der Waals surface area contributed by atoms with Gasteiger partial charge < -0.3 is 0 Å². The normalized spacial score (nSPS) is 10.2. The highest BCUT2D eigenvalue weighted by Gasteiger charge is 2.18. The van der Waals surface area contributed by atoms with Gasteiger partial charge in [-0.25, -0.2) is 0 Å². The van der Waals surface area contributed by atoms with E-state index >= 15 is 0 Å². The van der Waals surface area contributed by atoms with Crippen LogP contribution in [-0.4, -0.2) is 0 Å². The minimum atomic E-state index is 0.401. The summed E-state index contributed by atoms with van der Waals surface area (Å²) < 4.78 is 0. The van der Waals surface area contributed by atoms with Crippen LogP contribution < -0.4 is 0 Å². The zero-order valence-electron chi connectivity index (χ0n) is 31.8. The van der Waals surface area contributed by atoms with Gasteiger partial charge in [-0.3, -0.25) is 0 Å². The summed E-state index contributed by atoms with van der Waals surface area (Å²) in [5, 5.41) is 61.1. The van der Waals surface area contributed by atoms with Crippen LogP contribution in [0, 0.1) is 68.0 Å². The summed E-state index contributed by atoms with van der Waals surface area (Å²) in [7, 11) is 0. The third kappa shape index (κ3) is 7.13. The Morgan fingerprint density at radius 1 is 0.200 bits per heavy atom. The molecule has 0 aromatic heterocycles. The molecule has 0 aliphatic carbocycles. The van der Waals surface area contributed by atoms with Gasteiger partial charge in [-0.05, 0) is 117 Å². The van der Waals surface area contributed by atoms with Crippen LogP contribution in [0.25, 0.3) is 77.9 Å². The van der Waals surface area contributed by atoms with Crippen molar-refractivity contribution in [3.05, 3.63) is 203 Å². The molecule has 8 rings (SSSR count). The van der Waals surface area contributed by atoms with Gasteiger partial charge in [0.1, 0.15) is 0 Å². The molecule has 6 heteroatoms. The molecule has 0 heterocycles. The van der Waals surface area contributed by atoms with Crippen molar-refractivity contribution in [2.75, 3.05) is 0 Å². The van der Waals surface area contributed by atoms with E-state index in [2.05, 4.69) is 36.4 Å². The first kappa shape index (κ1) is 37.6. The Balaban J connectivity index is 1.24. The van der Waals surface area contributed by atoms with Gasteiger partial charge in [0.05, 0.1) is 69.8 Å². The van der Waals surface area contributed by atoms with Gasteiger partial charge in [-0.15, -0.1) is 0 Å². The number of benzene rings is 8. The fourth-order valence-corrected chi connectivity index (χ4v) is 7.55. The highest BCUT2D eigenvalue weighted by molar-refractivity contribution is 5.88. The molecule has 0 radical (unpaired) electrons. The lowest BCUT2D eigenvalue weighted by Crippen LogP contribution is -1.94. The molecular weight excluding hydrogens is 733 g/mol. The predicted octanol–water partition coefficient (Wildman–Crippen LogP) is 12.6. The molecule has 0 saturated heterocycles. The molecule has 0 N–H and O–H groups in total. The van der Waals surface area contributed by atoms with E-state index in [1.54, 1.807) is 48.5 Å². The van der Waals surface area contributed by atoms with Gasteiger partial charge in [0.2, 0.25) is 0 Å². The molecule has 60 heavy (non-hydrogen) atoms. The molecule has 0 atom stereocenters. The molecule has 0 bridgehead atoms. The van der Waals surface area contributed by atoms with Crippen LogP contribution in [0.1, 0.15) is 33.4 Å². The van der Waals surface area contributed by atoms with E-state index in [1.165, 1.54) is 0 Å².